The Hall–Kier alpha value is -1.50. The predicted molar refractivity (Wildman–Crippen MR) is 64.1 cm³/mol. The smallest absolute Gasteiger partial charge is 0.0415 e. The van der Waals surface area contributed by atoms with Gasteiger partial charge in [0.05, 0.1) is 0 Å². The van der Waals surface area contributed by atoms with Gasteiger partial charge in [-0.15, -0.1) is 6.58 Å². The Bertz CT molecular complexity index is 342. The minimum atomic E-state index is 1.15. The molecule has 0 spiro atoms. The van der Waals surface area contributed by atoms with E-state index in [9.17, 15) is 0 Å². The molecule has 74 valence electrons. The lowest BCUT2D eigenvalue weighted by molar-refractivity contribution is 0.983. The Morgan fingerprint density at radius 1 is 1.43 bits per heavy atom. The van der Waals surface area contributed by atoms with Gasteiger partial charge in [0.1, 0.15) is 0 Å². The van der Waals surface area contributed by atoms with Gasteiger partial charge >= 0.3 is 0 Å². The van der Waals surface area contributed by atoms with Gasteiger partial charge in [0.2, 0.25) is 0 Å². The second kappa shape index (κ2) is 5.28. The molecule has 0 atom stereocenters. The van der Waals surface area contributed by atoms with Crippen LogP contribution in [0.2, 0.25) is 0 Å². The number of fused-ring (bicyclic) bond motifs is 1. The van der Waals surface area contributed by atoms with Gasteiger partial charge in [-0.1, -0.05) is 24.8 Å². The number of hydrogen-bond acceptors (Lipinski definition) is 0. The predicted octanol–water partition coefficient (Wildman–Crippen LogP) is 3.81. The summed E-state index contributed by atoms with van der Waals surface area (Å²) >= 11 is 0. The van der Waals surface area contributed by atoms with Crippen LogP contribution in [-0.2, 0) is 6.42 Å². The lowest BCUT2D eigenvalue weighted by Gasteiger charge is -2.04. The van der Waals surface area contributed by atoms with Gasteiger partial charge in [0.25, 0.3) is 0 Å². The zero-order valence-electron chi connectivity index (χ0n) is 8.72. The normalized spacial score (nSPS) is 12.4. The molecule has 1 N–H and O–H groups in total. The summed E-state index contributed by atoms with van der Waals surface area (Å²) in [6.07, 6.45) is 12.3. The standard InChI is InChI=1S/C10H11N.C3H6/c1-2-8-7-11-10-6-4-3-5-9(8)10;1-3-2/h2,4,6-7,11H,1,3,5H2;3H,1H2,2H3. The van der Waals surface area contributed by atoms with Gasteiger partial charge in [0.15, 0.2) is 0 Å². The highest BCUT2D eigenvalue weighted by atomic mass is 14.7. The molecule has 0 radical (unpaired) electrons. The number of aromatic amines is 1. The number of nitrogens with one attached hydrogen (secondary N) is 1. The summed E-state index contributed by atoms with van der Waals surface area (Å²) in [5.74, 6) is 0. The second-order valence-corrected chi connectivity index (χ2v) is 3.19. The molecule has 0 aliphatic heterocycles. The molecule has 1 heteroatoms. The molecule has 1 aliphatic carbocycles. The molecule has 1 heterocycles. The monoisotopic (exact) mass is 187 g/mol. The SMILES string of the molecule is C=CC.C=Cc1c[nH]c2c1CCC=C2. The number of hydrogen-bond donors (Lipinski definition) is 1. The fraction of sp³-hybridized carbons (Fsp3) is 0.231. The quantitative estimate of drug-likeness (QED) is 0.643. The molecule has 2 rings (SSSR count). The highest BCUT2D eigenvalue weighted by molar-refractivity contribution is 5.62. The van der Waals surface area contributed by atoms with Gasteiger partial charge in [-0.05, 0) is 37.0 Å². The van der Waals surface area contributed by atoms with E-state index < -0.39 is 0 Å². The van der Waals surface area contributed by atoms with Crippen molar-refractivity contribution < 1.29 is 0 Å². The molecule has 0 saturated heterocycles. The van der Waals surface area contributed by atoms with Gasteiger partial charge in [-0.25, -0.2) is 0 Å². The summed E-state index contributed by atoms with van der Waals surface area (Å²) in [5.41, 5.74) is 3.93. The highest BCUT2D eigenvalue weighted by Crippen LogP contribution is 2.22. The Balaban J connectivity index is 0.000000293. The summed E-state index contributed by atoms with van der Waals surface area (Å²) in [5, 5.41) is 0. The van der Waals surface area contributed by atoms with E-state index in [4.69, 9.17) is 0 Å². The van der Waals surface area contributed by atoms with Crippen LogP contribution in [0.5, 0.6) is 0 Å². The molecule has 0 fully saturated rings. The van der Waals surface area contributed by atoms with Crippen molar-refractivity contribution in [1.29, 1.82) is 0 Å². The third-order valence-corrected chi connectivity index (χ3v) is 2.12. The Morgan fingerprint density at radius 2 is 2.14 bits per heavy atom. The first-order valence-corrected chi connectivity index (χ1v) is 4.89. The first kappa shape index (κ1) is 10.6. The van der Waals surface area contributed by atoms with E-state index in [1.54, 1.807) is 6.08 Å². The average molecular weight is 187 g/mol. The average Bonchev–Trinajstić information content (AvgIpc) is 2.62. The summed E-state index contributed by atoms with van der Waals surface area (Å²) in [4.78, 5) is 3.22. The van der Waals surface area contributed by atoms with E-state index in [1.807, 2.05) is 19.2 Å². The molecule has 0 aromatic carbocycles. The van der Waals surface area contributed by atoms with E-state index in [0.29, 0.717) is 0 Å². The van der Waals surface area contributed by atoms with Crippen LogP contribution in [0.25, 0.3) is 12.2 Å². The maximum absolute atomic E-state index is 3.77. The first-order chi connectivity index (χ1) is 6.83. The molecule has 1 nitrogen and oxygen atoms in total. The van der Waals surface area contributed by atoms with Gasteiger partial charge in [-0.2, -0.15) is 0 Å². The fourth-order valence-electron chi connectivity index (χ4n) is 1.52. The second-order valence-electron chi connectivity index (χ2n) is 3.19. The topological polar surface area (TPSA) is 15.8 Å². The molecule has 0 unspecified atom stereocenters. The van der Waals surface area contributed by atoms with Crippen molar-refractivity contribution in [2.45, 2.75) is 19.8 Å². The molecule has 1 aliphatic rings. The van der Waals surface area contributed by atoms with Gasteiger partial charge in [-0.3, -0.25) is 0 Å². The van der Waals surface area contributed by atoms with E-state index >= 15 is 0 Å². The number of allylic oxidation sites excluding steroid dienone is 2. The van der Waals surface area contributed by atoms with Crippen LogP contribution in [0.1, 0.15) is 30.2 Å². The molecule has 0 saturated carbocycles. The Labute approximate surface area is 85.9 Å². The van der Waals surface area contributed by atoms with Crippen molar-refractivity contribution in [3.8, 4) is 0 Å². The van der Waals surface area contributed by atoms with Crippen molar-refractivity contribution in [2.24, 2.45) is 0 Å². The van der Waals surface area contributed by atoms with E-state index in [2.05, 4.69) is 30.3 Å². The molecule has 0 bridgehead atoms. The van der Waals surface area contributed by atoms with Crippen molar-refractivity contribution in [1.82, 2.24) is 4.98 Å². The maximum atomic E-state index is 3.77. The number of aromatic nitrogens is 1. The fourth-order valence-corrected chi connectivity index (χ4v) is 1.52. The lowest BCUT2D eigenvalue weighted by atomic mass is 10.0. The minimum absolute atomic E-state index is 1.15. The minimum Gasteiger partial charge on any atom is -0.361 e. The Morgan fingerprint density at radius 3 is 2.79 bits per heavy atom. The van der Waals surface area contributed by atoms with E-state index in [0.717, 1.165) is 12.8 Å². The first-order valence-electron chi connectivity index (χ1n) is 4.89. The molecule has 14 heavy (non-hydrogen) atoms. The molecule has 0 amide bonds. The number of rotatable bonds is 1. The summed E-state index contributed by atoms with van der Waals surface area (Å²) in [6, 6.07) is 0. The summed E-state index contributed by atoms with van der Waals surface area (Å²) < 4.78 is 0. The third kappa shape index (κ3) is 2.25. The summed E-state index contributed by atoms with van der Waals surface area (Å²) in [6.45, 7) is 9.02. The molecular formula is C13H17N. The van der Waals surface area contributed by atoms with Crippen LogP contribution in [0.4, 0.5) is 0 Å². The van der Waals surface area contributed by atoms with Crippen molar-refractivity contribution >= 4 is 12.2 Å². The summed E-state index contributed by atoms with van der Waals surface area (Å²) in [7, 11) is 0. The van der Waals surface area contributed by atoms with Crippen LogP contribution >= 0.6 is 0 Å². The van der Waals surface area contributed by atoms with Crippen molar-refractivity contribution in [2.75, 3.05) is 0 Å². The Kier molecular flexibility index (Phi) is 3.99. The maximum Gasteiger partial charge on any atom is 0.0415 e. The van der Waals surface area contributed by atoms with Gasteiger partial charge in [0, 0.05) is 11.9 Å². The zero-order chi connectivity index (χ0) is 10.4. The largest absolute Gasteiger partial charge is 0.361 e. The van der Waals surface area contributed by atoms with Crippen LogP contribution in [-0.4, -0.2) is 4.98 Å². The number of H-pyrrole nitrogens is 1. The molecule has 1 aromatic rings. The van der Waals surface area contributed by atoms with Crippen LogP contribution < -0.4 is 0 Å². The van der Waals surface area contributed by atoms with Crippen LogP contribution in [0, 0.1) is 0 Å². The third-order valence-electron chi connectivity index (χ3n) is 2.12. The van der Waals surface area contributed by atoms with Crippen molar-refractivity contribution in [3.63, 3.8) is 0 Å². The highest BCUT2D eigenvalue weighted by Gasteiger charge is 2.08. The van der Waals surface area contributed by atoms with E-state index in [-0.39, 0.29) is 0 Å². The van der Waals surface area contributed by atoms with Crippen molar-refractivity contribution in [3.05, 3.63) is 48.3 Å². The molecule has 1 aromatic heterocycles. The van der Waals surface area contributed by atoms with Gasteiger partial charge < -0.3 is 4.98 Å². The van der Waals surface area contributed by atoms with Crippen LogP contribution in [0.3, 0.4) is 0 Å². The zero-order valence-corrected chi connectivity index (χ0v) is 8.72. The lowest BCUT2D eigenvalue weighted by Crippen LogP contribution is -1.91. The van der Waals surface area contributed by atoms with E-state index in [1.165, 1.54) is 16.8 Å². The molecular weight excluding hydrogens is 170 g/mol. The van der Waals surface area contributed by atoms with Crippen LogP contribution in [0.15, 0.2) is 31.5 Å².